The standard InChI is InChI=1S/C18H24F4N4O/c1-4-7-27-17-9-15(19)12(8-14(17)18(20,21)22)13-10-24-25-16(13)11-26(3)6-5-23-2/h8-10,23H,4-7,11H2,1-3H3,(H,24,25). The van der Waals surface area contributed by atoms with E-state index in [0.717, 1.165) is 25.2 Å². The van der Waals surface area contributed by atoms with Gasteiger partial charge in [-0.1, -0.05) is 6.92 Å². The molecule has 1 aromatic heterocycles. The van der Waals surface area contributed by atoms with Gasteiger partial charge in [-0.3, -0.25) is 10.00 Å². The minimum atomic E-state index is -4.65. The Hall–Kier alpha value is -2.13. The quantitative estimate of drug-likeness (QED) is 0.644. The summed E-state index contributed by atoms with van der Waals surface area (Å²) in [5.74, 6) is -1.28. The number of H-pyrrole nitrogens is 1. The Morgan fingerprint density at radius 3 is 2.63 bits per heavy atom. The van der Waals surface area contributed by atoms with E-state index in [0.29, 0.717) is 24.2 Å². The lowest BCUT2D eigenvalue weighted by atomic mass is 10.0. The van der Waals surface area contributed by atoms with Crippen LogP contribution in [0, 0.1) is 5.82 Å². The van der Waals surface area contributed by atoms with Gasteiger partial charge in [0.1, 0.15) is 11.6 Å². The van der Waals surface area contributed by atoms with E-state index in [2.05, 4.69) is 15.5 Å². The molecular formula is C18H24F4N4O. The van der Waals surface area contributed by atoms with Gasteiger partial charge in [0, 0.05) is 36.8 Å². The zero-order chi connectivity index (χ0) is 20.0. The largest absolute Gasteiger partial charge is 0.493 e. The van der Waals surface area contributed by atoms with Gasteiger partial charge in [0.25, 0.3) is 0 Å². The highest BCUT2D eigenvalue weighted by atomic mass is 19.4. The molecule has 0 amide bonds. The third-order valence-electron chi connectivity index (χ3n) is 4.02. The molecule has 2 aromatic rings. The van der Waals surface area contributed by atoms with Crippen LogP contribution >= 0.6 is 0 Å². The third kappa shape index (κ3) is 5.43. The Balaban J connectivity index is 2.40. The number of aromatic amines is 1. The summed E-state index contributed by atoms with van der Waals surface area (Å²) in [4.78, 5) is 1.95. The second-order valence-electron chi connectivity index (χ2n) is 6.28. The van der Waals surface area contributed by atoms with Crippen molar-refractivity contribution in [1.29, 1.82) is 0 Å². The van der Waals surface area contributed by atoms with Crippen molar-refractivity contribution in [2.75, 3.05) is 33.8 Å². The Morgan fingerprint density at radius 1 is 1.26 bits per heavy atom. The van der Waals surface area contributed by atoms with Crippen molar-refractivity contribution in [2.24, 2.45) is 0 Å². The summed E-state index contributed by atoms with van der Waals surface area (Å²) in [6.07, 6.45) is -2.79. The molecule has 27 heavy (non-hydrogen) atoms. The van der Waals surface area contributed by atoms with Crippen molar-refractivity contribution < 1.29 is 22.3 Å². The van der Waals surface area contributed by atoms with Crippen LogP contribution in [0.4, 0.5) is 17.6 Å². The fourth-order valence-electron chi connectivity index (χ4n) is 2.63. The summed E-state index contributed by atoms with van der Waals surface area (Å²) in [6.45, 7) is 3.70. The molecule has 9 heteroatoms. The predicted octanol–water partition coefficient (Wildman–Crippen LogP) is 3.67. The summed E-state index contributed by atoms with van der Waals surface area (Å²) in [6, 6.07) is 1.59. The molecule has 1 heterocycles. The number of rotatable bonds is 9. The average Bonchev–Trinajstić information content (AvgIpc) is 3.04. The number of nitrogens with zero attached hydrogens (tertiary/aromatic N) is 2. The van der Waals surface area contributed by atoms with Crippen LogP contribution in [-0.4, -0.2) is 48.9 Å². The Kier molecular flexibility index (Phi) is 7.20. The van der Waals surface area contributed by atoms with Crippen molar-refractivity contribution >= 4 is 0 Å². The highest BCUT2D eigenvalue weighted by Gasteiger charge is 2.36. The summed E-state index contributed by atoms with van der Waals surface area (Å²) < 4.78 is 60.0. The maximum atomic E-state index is 14.6. The van der Waals surface area contributed by atoms with Crippen LogP contribution in [0.2, 0.25) is 0 Å². The minimum Gasteiger partial charge on any atom is -0.493 e. The average molecular weight is 388 g/mol. The van der Waals surface area contributed by atoms with Gasteiger partial charge in [0.05, 0.1) is 24.1 Å². The molecule has 0 saturated carbocycles. The van der Waals surface area contributed by atoms with E-state index in [1.807, 2.05) is 19.0 Å². The highest BCUT2D eigenvalue weighted by molar-refractivity contribution is 5.68. The lowest BCUT2D eigenvalue weighted by Crippen LogP contribution is -2.27. The molecule has 0 fully saturated rings. The lowest BCUT2D eigenvalue weighted by molar-refractivity contribution is -0.138. The van der Waals surface area contributed by atoms with E-state index in [1.54, 1.807) is 6.92 Å². The summed E-state index contributed by atoms with van der Waals surface area (Å²) in [5, 5.41) is 9.66. The number of likely N-dealkylation sites (N-methyl/N-ethyl adjacent to an activating group) is 2. The van der Waals surface area contributed by atoms with Crippen LogP contribution in [0.1, 0.15) is 24.6 Å². The number of aromatic nitrogens is 2. The van der Waals surface area contributed by atoms with Crippen LogP contribution in [0.5, 0.6) is 5.75 Å². The number of nitrogens with one attached hydrogen (secondary N) is 2. The second-order valence-corrected chi connectivity index (χ2v) is 6.28. The van der Waals surface area contributed by atoms with Gasteiger partial charge in [0.2, 0.25) is 0 Å². The highest BCUT2D eigenvalue weighted by Crippen LogP contribution is 2.40. The first kappa shape index (κ1) is 21.2. The summed E-state index contributed by atoms with van der Waals surface area (Å²) in [7, 11) is 3.69. The third-order valence-corrected chi connectivity index (χ3v) is 4.02. The smallest absolute Gasteiger partial charge is 0.419 e. The molecule has 0 aliphatic heterocycles. The van der Waals surface area contributed by atoms with Crippen LogP contribution < -0.4 is 10.1 Å². The topological polar surface area (TPSA) is 53.2 Å². The number of benzene rings is 1. The molecule has 2 rings (SSSR count). The molecular weight excluding hydrogens is 364 g/mol. The van der Waals surface area contributed by atoms with Gasteiger partial charge in [0.15, 0.2) is 0 Å². The van der Waals surface area contributed by atoms with Crippen LogP contribution in [0.25, 0.3) is 11.1 Å². The predicted molar refractivity (Wildman–Crippen MR) is 95.0 cm³/mol. The number of hydrogen-bond donors (Lipinski definition) is 2. The van der Waals surface area contributed by atoms with Crippen molar-refractivity contribution in [2.45, 2.75) is 26.1 Å². The minimum absolute atomic E-state index is 0.0785. The van der Waals surface area contributed by atoms with Gasteiger partial charge >= 0.3 is 6.18 Å². The normalized spacial score (nSPS) is 12.0. The number of alkyl halides is 3. The molecule has 0 aliphatic rings. The first-order chi connectivity index (χ1) is 12.8. The maximum absolute atomic E-state index is 14.6. The summed E-state index contributed by atoms with van der Waals surface area (Å²) in [5.41, 5.74) is -0.306. The molecule has 0 unspecified atom stereocenters. The fourth-order valence-corrected chi connectivity index (χ4v) is 2.63. The van der Waals surface area contributed by atoms with Crippen molar-refractivity contribution in [1.82, 2.24) is 20.4 Å². The van der Waals surface area contributed by atoms with E-state index >= 15 is 0 Å². The summed E-state index contributed by atoms with van der Waals surface area (Å²) >= 11 is 0. The number of halogens is 4. The number of ether oxygens (including phenoxy) is 1. The molecule has 0 spiro atoms. The molecule has 0 radical (unpaired) electrons. The molecule has 150 valence electrons. The van der Waals surface area contributed by atoms with Crippen LogP contribution in [0.3, 0.4) is 0 Å². The Morgan fingerprint density at radius 2 is 2.00 bits per heavy atom. The van der Waals surface area contributed by atoms with E-state index in [9.17, 15) is 17.6 Å². The van der Waals surface area contributed by atoms with Gasteiger partial charge in [-0.15, -0.1) is 0 Å². The van der Waals surface area contributed by atoms with Crippen molar-refractivity contribution in [3.63, 3.8) is 0 Å². The van der Waals surface area contributed by atoms with E-state index in [4.69, 9.17) is 4.74 Å². The van der Waals surface area contributed by atoms with Gasteiger partial charge in [-0.2, -0.15) is 18.3 Å². The monoisotopic (exact) mass is 388 g/mol. The zero-order valence-electron chi connectivity index (χ0n) is 15.6. The van der Waals surface area contributed by atoms with Gasteiger partial charge < -0.3 is 10.1 Å². The number of hydrogen-bond acceptors (Lipinski definition) is 4. The lowest BCUT2D eigenvalue weighted by Gasteiger charge is -2.18. The molecule has 1 aromatic carbocycles. The fraction of sp³-hybridized carbons (Fsp3) is 0.500. The molecule has 0 bridgehead atoms. The zero-order valence-corrected chi connectivity index (χ0v) is 15.6. The first-order valence-corrected chi connectivity index (χ1v) is 8.67. The molecule has 0 atom stereocenters. The second kappa shape index (κ2) is 9.18. The molecule has 0 aliphatic carbocycles. The van der Waals surface area contributed by atoms with E-state index in [-0.39, 0.29) is 12.2 Å². The Bertz CT molecular complexity index is 745. The molecule has 5 nitrogen and oxygen atoms in total. The van der Waals surface area contributed by atoms with E-state index in [1.165, 1.54) is 6.20 Å². The van der Waals surface area contributed by atoms with Crippen LogP contribution in [-0.2, 0) is 12.7 Å². The Labute approximate surface area is 155 Å². The van der Waals surface area contributed by atoms with Gasteiger partial charge in [-0.25, -0.2) is 4.39 Å². The van der Waals surface area contributed by atoms with Crippen molar-refractivity contribution in [3.05, 3.63) is 35.4 Å². The molecule has 2 N–H and O–H groups in total. The van der Waals surface area contributed by atoms with E-state index < -0.39 is 23.3 Å². The van der Waals surface area contributed by atoms with Gasteiger partial charge in [-0.05, 0) is 26.6 Å². The SMILES string of the molecule is CCCOc1cc(F)c(-c2cn[nH]c2CN(C)CCNC)cc1C(F)(F)F. The van der Waals surface area contributed by atoms with Crippen LogP contribution in [0.15, 0.2) is 18.3 Å². The molecule has 0 saturated heterocycles. The first-order valence-electron chi connectivity index (χ1n) is 8.67. The maximum Gasteiger partial charge on any atom is 0.419 e. The van der Waals surface area contributed by atoms with Crippen molar-refractivity contribution in [3.8, 4) is 16.9 Å².